The van der Waals surface area contributed by atoms with Crippen molar-refractivity contribution in [2.45, 2.75) is 26.4 Å². The second-order valence-electron chi connectivity index (χ2n) is 3.90. The first kappa shape index (κ1) is 13.4. The van der Waals surface area contributed by atoms with Crippen molar-refractivity contribution in [1.82, 2.24) is 0 Å². The maximum Gasteiger partial charge on any atom is 0.310 e. The SMILES string of the molecule is COc1ccc(CC(=O)OC(C)C)cc1OC. The van der Waals surface area contributed by atoms with Gasteiger partial charge in [0.1, 0.15) is 0 Å². The minimum Gasteiger partial charge on any atom is -0.493 e. The summed E-state index contributed by atoms with van der Waals surface area (Å²) >= 11 is 0. The summed E-state index contributed by atoms with van der Waals surface area (Å²) in [6.07, 6.45) is 0.140. The summed E-state index contributed by atoms with van der Waals surface area (Å²) < 4.78 is 15.4. The predicted molar refractivity (Wildman–Crippen MR) is 64.5 cm³/mol. The van der Waals surface area contributed by atoms with Gasteiger partial charge in [0.25, 0.3) is 0 Å². The van der Waals surface area contributed by atoms with E-state index >= 15 is 0 Å². The van der Waals surface area contributed by atoms with Crippen molar-refractivity contribution >= 4 is 5.97 Å². The Morgan fingerprint density at radius 1 is 1.18 bits per heavy atom. The fourth-order valence-electron chi connectivity index (χ4n) is 1.46. The molecule has 0 heterocycles. The van der Waals surface area contributed by atoms with E-state index in [1.807, 2.05) is 19.9 Å². The van der Waals surface area contributed by atoms with Crippen molar-refractivity contribution < 1.29 is 19.0 Å². The van der Waals surface area contributed by atoms with Crippen LogP contribution in [0, 0.1) is 0 Å². The van der Waals surface area contributed by atoms with Crippen LogP contribution in [0.5, 0.6) is 11.5 Å². The van der Waals surface area contributed by atoms with Crippen LogP contribution in [0.2, 0.25) is 0 Å². The number of benzene rings is 1. The third kappa shape index (κ3) is 3.98. The van der Waals surface area contributed by atoms with Crippen LogP contribution in [0.15, 0.2) is 18.2 Å². The third-order valence-electron chi connectivity index (χ3n) is 2.16. The van der Waals surface area contributed by atoms with Gasteiger partial charge in [-0.3, -0.25) is 4.79 Å². The zero-order valence-corrected chi connectivity index (χ0v) is 10.6. The standard InChI is InChI=1S/C13H18O4/c1-9(2)17-13(14)8-10-5-6-11(15-3)12(7-10)16-4/h5-7,9H,8H2,1-4H3. The van der Waals surface area contributed by atoms with Gasteiger partial charge in [-0.15, -0.1) is 0 Å². The molecule has 0 radical (unpaired) electrons. The lowest BCUT2D eigenvalue weighted by molar-refractivity contribution is -0.146. The van der Waals surface area contributed by atoms with E-state index in [0.717, 1.165) is 5.56 Å². The van der Waals surface area contributed by atoms with Crippen LogP contribution in [-0.2, 0) is 16.0 Å². The Morgan fingerprint density at radius 2 is 1.82 bits per heavy atom. The zero-order chi connectivity index (χ0) is 12.8. The lowest BCUT2D eigenvalue weighted by atomic mass is 10.1. The first-order chi connectivity index (χ1) is 8.06. The van der Waals surface area contributed by atoms with Crippen molar-refractivity contribution in [3.05, 3.63) is 23.8 Å². The lowest BCUT2D eigenvalue weighted by Crippen LogP contribution is -2.13. The third-order valence-corrected chi connectivity index (χ3v) is 2.16. The van der Waals surface area contributed by atoms with Gasteiger partial charge in [-0.1, -0.05) is 6.07 Å². The predicted octanol–water partition coefficient (Wildman–Crippen LogP) is 2.20. The van der Waals surface area contributed by atoms with E-state index in [1.165, 1.54) is 0 Å². The number of esters is 1. The zero-order valence-electron chi connectivity index (χ0n) is 10.6. The summed E-state index contributed by atoms with van der Waals surface area (Å²) in [5, 5.41) is 0. The van der Waals surface area contributed by atoms with Gasteiger partial charge in [0.2, 0.25) is 0 Å². The summed E-state index contributed by atoms with van der Waals surface area (Å²) in [5.74, 6) is 1.02. The van der Waals surface area contributed by atoms with E-state index in [4.69, 9.17) is 14.2 Å². The Labute approximate surface area is 101 Å². The summed E-state index contributed by atoms with van der Waals surface area (Å²) in [5.41, 5.74) is 0.841. The molecule has 94 valence electrons. The van der Waals surface area contributed by atoms with Gasteiger partial charge in [-0.05, 0) is 31.5 Å². The van der Waals surface area contributed by atoms with E-state index in [1.54, 1.807) is 26.4 Å². The van der Waals surface area contributed by atoms with Gasteiger partial charge in [0, 0.05) is 0 Å². The summed E-state index contributed by atoms with van der Waals surface area (Å²) in [6, 6.07) is 5.38. The molecule has 0 N–H and O–H groups in total. The van der Waals surface area contributed by atoms with Gasteiger partial charge in [-0.25, -0.2) is 0 Å². The molecule has 0 aliphatic rings. The quantitative estimate of drug-likeness (QED) is 0.738. The molecule has 1 aromatic carbocycles. The van der Waals surface area contributed by atoms with Crippen molar-refractivity contribution in [3.8, 4) is 11.5 Å². The summed E-state index contributed by atoms with van der Waals surface area (Å²) in [4.78, 5) is 11.5. The molecule has 4 heteroatoms. The van der Waals surface area contributed by atoms with Crippen LogP contribution in [0.3, 0.4) is 0 Å². The first-order valence-electron chi connectivity index (χ1n) is 5.47. The van der Waals surface area contributed by atoms with E-state index < -0.39 is 0 Å². The Kier molecular flexibility index (Phi) is 4.82. The van der Waals surface area contributed by atoms with Crippen LogP contribution >= 0.6 is 0 Å². The molecule has 1 rings (SSSR count). The highest BCUT2D eigenvalue weighted by Crippen LogP contribution is 2.27. The summed E-state index contributed by atoms with van der Waals surface area (Å²) in [7, 11) is 3.14. The minimum absolute atomic E-state index is 0.0948. The molecule has 0 aliphatic carbocycles. The minimum atomic E-state index is -0.243. The average molecular weight is 238 g/mol. The highest BCUT2D eigenvalue weighted by Gasteiger charge is 2.10. The molecule has 0 saturated carbocycles. The van der Waals surface area contributed by atoms with Gasteiger partial charge in [0.05, 0.1) is 26.7 Å². The molecule has 0 bridgehead atoms. The topological polar surface area (TPSA) is 44.8 Å². The maximum atomic E-state index is 11.5. The number of ether oxygens (including phenoxy) is 3. The molecular formula is C13H18O4. The van der Waals surface area contributed by atoms with E-state index in [0.29, 0.717) is 11.5 Å². The molecule has 4 nitrogen and oxygen atoms in total. The van der Waals surface area contributed by atoms with Crippen LogP contribution < -0.4 is 9.47 Å². The lowest BCUT2D eigenvalue weighted by Gasteiger charge is -2.10. The highest BCUT2D eigenvalue weighted by molar-refractivity contribution is 5.73. The van der Waals surface area contributed by atoms with E-state index in [-0.39, 0.29) is 18.5 Å². The number of carbonyl (C=O) groups excluding carboxylic acids is 1. The highest BCUT2D eigenvalue weighted by atomic mass is 16.5. The molecule has 1 aromatic rings. The number of methoxy groups -OCH3 is 2. The van der Waals surface area contributed by atoms with Gasteiger partial charge >= 0.3 is 5.97 Å². The Balaban J connectivity index is 2.75. The monoisotopic (exact) mass is 238 g/mol. The molecule has 0 fully saturated rings. The molecule has 17 heavy (non-hydrogen) atoms. The van der Waals surface area contributed by atoms with Crippen LogP contribution in [0.4, 0.5) is 0 Å². The van der Waals surface area contributed by atoms with Crippen molar-refractivity contribution in [1.29, 1.82) is 0 Å². The Morgan fingerprint density at radius 3 is 2.35 bits per heavy atom. The number of hydrogen-bond donors (Lipinski definition) is 0. The Hall–Kier alpha value is -1.71. The number of rotatable bonds is 5. The van der Waals surface area contributed by atoms with Gasteiger partial charge in [0.15, 0.2) is 11.5 Å². The van der Waals surface area contributed by atoms with Crippen LogP contribution in [-0.4, -0.2) is 26.3 Å². The van der Waals surface area contributed by atoms with Crippen LogP contribution in [0.1, 0.15) is 19.4 Å². The molecule has 0 saturated heterocycles. The molecule has 0 aromatic heterocycles. The second kappa shape index (κ2) is 6.13. The van der Waals surface area contributed by atoms with Crippen LogP contribution in [0.25, 0.3) is 0 Å². The number of hydrogen-bond acceptors (Lipinski definition) is 4. The molecule has 0 spiro atoms. The van der Waals surface area contributed by atoms with Crippen molar-refractivity contribution in [2.75, 3.05) is 14.2 Å². The molecular weight excluding hydrogens is 220 g/mol. The van der Waals surface area contributed by atoms with E-state index in [2.05, 4.69) is 0 Å². The summed E-state index contributed by atoms with van der Waals surface area (Å²) in [6.45, 7) is 3.65. The molecule has 0 amide bonds. The smallest absolute Gasteiger partial charge is 0.310 e. The molecule has 0 aliphatic heterocycles. The van der Waals surface area contributed by atoms with Gasteiger partial charge in [-0.2, -0.15) is 0 Å². The normalized spacial score (nSPS) is 10.2. The van der Waals surface area contributed by atoms with Crippen molar-refractivity contribution in [2.24, 2.45) is 0 Å². The molecule has 0 unspecified atom stereocenters. The van der Waals surface area contributed by atoms with Crippen molar-refractivity contribution in [3.63, 3.8) is 0 Å². The second-order valence-corrected chi connectivity index (χ2v) is 3.90. The average Bonchev–Trinajstić information content (AvgIpc) is 2.27. The van der Waals surface area contributed by atoms with E-state index in [9.17, 15) is 4.79 Å². The van der Waals surface area contributed by atoms with Gasteiger partial charge < -0.3 is 14.2 Å². The maximum absolute atomic E-state index is 11.5. The fraction of sp³-hybridized carbons (Fsp3) is 0.462. The largest absolute Gasteiger partial charge is 0.493 e. The number of carbonyl (C=O) groups is 1. The molecule has 0 atom stereocenters. The fourth-order valence-corrected chi connectivity index (χ4v) is 1.46. The Bertz CT molecular complexity index is 385. The first-order valence-corrected chi connectivity index (χ1v) is 5.47.